The molecule has 2 N–H and O–H groups in total. The lowest BCUT2D eigenvalue weighted by Crippen LogP contribution is -2.17. The van der Waals surface area contributed by atoms with Gasteiger partial charge < -0.3 is 10.6 Å². The Labute approximate surface area is 132 Å². The quantitative estimate of drug-likeness (QED) is 0.776. The molecule has 2 amide bonds. The molecular weight excluding hydrogens is 294 g/mol. The van der Waals surface area contributed by atoms with E-state index in [2.05, 4.69) is 20.7 Å². The van der Waals surface area contributed by atoms with Crippen molar-refractivity contribution in [3.05, 3.63) is 54.0 Å². The highest BCUT2D eigenvalue weighted by Gasteiger charge is 2.15. The van der Waals surface area contributed by atoms with Gasteiger partial charge in [-0.15, -0.1) is 0 Å². The number of fused-ring (bicyclic) bond motifs is 1. The summed E-state index contributed by atoms with van der Waals surface area (Å²) in [6.07, 6.45) is 3.14. The summed E-state index contributed by atoms with van der Waals surface area (Å²) in [5.41, 5.74) is 2.85. The van der Waals surface area contributed by atoms with Gasteiger partial charge in [0.05, 0.1) is 28.8 Å². The molecule has 0 fully saturated rings. The average molecular weight is 309 g/mol. The van der Waals surface area contributed by atoms with Crippen LogP contribution in [0.5, 0.6) is 0 Å². The molecule has 3 aromatic rings. The second-order valence-corrected chi connectivity index (χ2v) is 5.04. The largest absolute Gasteiger partial charge is 0.325 e. The Bertz CT molecular complexity index is 900. The number of anilines is 2. The van der Waals surface area contributed by atoms with Crippen molar-refractivity contribution < 1.29 is 9.59 Å². The number of amides is 2. The third-order valence-electron chi connectivity index (χ3n) is 3.39. The second-order valence-electron chi connectivity index (χ2n) is 5.04. The first-order chi connectivity index (χ1) is 11.1. The van der Waals surface area contributed by atoms with Crippen LogP contribution in [0.4, 0.5) is 11.4 Å². The van der Waals surface area contributed by atoms with Crippen LogP contribution < -0.4 is 10.6 Å². The second kappa shape index (κ2) is 5.88. The number of aromatic nitrogens is 3. The van der Waals surface area contributed by atoms with E-state index in [1.807, 2.05) is 0 Å². The van der Waals surface area contributed by atoms with Crippen molar-refractivity contribution in [3.63, 3.8) is 0 Å². The maximum absolute atomic E-state index is 12.5. The van der Waals surface area contributed by atoms with Crippen molar-refractivity contribution in [3.8, 4) is 0 Å². The number of carbonyl (C=O) groups is 2. The topological polar surface area (TPSA) is 88.4 Å². The van der Waals surface area contributed by atoms with Crippen molar-refractivity contribution >= 4 is 28.8 Å². The third-order valence-corrected chi connectivity index (χ3v) is 3.39. The van der Waals surface area contributed by atoms with Crippen molar-refractivity contribution in [2.45, 2.75) is 13.8 Å². The van der Waals surface area contributed by atoms with E-state index in [-0.39, 0.29) is 11.8 Å². The van der Waals surface area contributed by atoms with Crippen LogP contribution in [0.3, 0.4) is 0 Å². The Balaban J connectivity index is 1.92. The highest BCUT2D eigenvalue weighted by Crippen LogP contribution is 2.22. The normalized spacial score (nSPS) is 10.5. The van der Waals surface area contributed by atoms with E-state index in [9.17, 15) is 9.59 Å². The summed E-state index contributed by atoms with van der Waals surface area (Å²) >= 11 is 0. The van der Waals surface area contributed by atoms with Crippen LogP contribution >= 0.6 is 0 Å². The molecule has 2 aromatic heterocycles. The molecule has 0 saturated carbocycles. The number of benzene rings is 1. The van der Waals surface area contributed by atoms with Gasteiger partial charge >= 0.3 is 0 Å². The minimum Gasteiger partial charge on any atom is -0.325 e. The van der Waals surface area contributed by atoms with Gasteiger partial charge in [0.1, 0.15) is 0 Å². The average Bonchev–Trinajstić information content (AvgIpc) is 2.98. The van der Waals surface area contributed by atoms with Gasteiger partial charge in [0.25, 0.3) is 5.91 Å². The SMILES string of the molecule is CC(=O)Nc1ccccc1NC(=O)c1cnc2ccnn2c1C. The lowest BCUT2D eigenvalue weighted by molar-refractivity contribution is -0.114. The zero-order valence-corrected chi connectivity index (χ0v) is 12.7. The minimum absolute atomic E-state index is 0.206. The molecule has 23 heavy (non-hydrogen) atoms. The lowest BCUT2D eigenvalue weighted by Gasteiger charge is -2.12. The van der Waals surface area contributed by atoms with E-state index in [4.69, 9.17) is 0 Å². The van der Waals surface area contributed by atoms with E-state index in [1.165, 1.54) is 13.1 Å². The zero-order chi connectivity index (χ0) is 16.4. The predicted octanol–water partition coefficient (Wildman–Crippen LogP) is 2.25. The van der Waals surface area contributed by atoms with E-state index < -0.39 is 0 Å². The molecule has 0 aliphatic rings. The standard InChI is InChI=1S/C16H15N5O2/c1-10-12(9-17-15-7-8-18-21(10)15)16(23)20-14-6-4-3-5-13(14)19-11(2)22/h3-9H,1-2H3,(H,19,22)(H,20,23). The molecule has 0 radical (unpaired) electrons. The molecule has 0 bridgehead atoms. The Hall–Kier alpha value is -3.22. The summed E-state index contributed by atoms with van der Waals surface area (Å²) in [6.45, 7) is 3.22. The first-order valence-electron chi connectivity index (χ1n) is 7.03. The van der Waals surface area contributed by atoms with Crippen LogP contribution in [0, 0.1) is 6.92 Å². The number of rotatable bonds is 3. The van der Waals surface area contributed by atoms with Gasteiger partial charge in [-0.1, -0.05) is 12.1 Å². The Morgan fingerprint density at radius 2 is 1.78 bits per heavy atom. The number of hydrogen-bond donors (Lipinski definition) is 2. The van der Waals surface area contributed by atoms with Gasteiger partial charge in [-0.3, -0.25) is 9.59 Å². The van der Waals surface area contributed by atoms with E-state index in [0.717, 1.165) is 0 Å². The molecule has 2 heterocycles. The summed E-state index contributed by atoms with van der Waals surface area (Å²) in [4.78, 5) is 28.0. The highest BCUT2D eigenvalue weighted by atomic mass is 16.2. The summed E-state index contributed by atoms with van der Waals surface area (Å²) in [5.74, 6) is -0.521. The molecule has 0 spiro atoms. The molecule has 0 unspecified atom stereocenters. The summed E-state index contributed by atoms with van der Waals surface area (Å²) in [5, 5.41) is 9.62. The Morgan fingerprint density at radius 3 is 2.48 bits per heavy atom. The first kappa shape index (κ1) is 14.7. The van der Waals surface area contributed by atoms with E-state index >= 15 is 0 Å². The summed E-state index contributed by atoms with van der Waals surface area (Å²) in [7, 11) is 0. The molecule has 0 saturated heterocycles. The van der Waals surface area contributed by atoms with Crippen molar-refractivity contribution in [1.82, 2.24) is 14.6 Å². The van der Waals surface area contributed by atoms with Crippen LogP contribution in [0.25, 0.3) is 5.65 Å². The van der Waals surface area contributed by atoms with Crippen LogP contribution in [0.1, 0.15) is 23.0 Å². The zero-order valence-electron chi connectivity index (χ0n) is 12.7. The molecule has 0 aliphatic carbocycles. The van der Waals surface area contributed by atoms with Gasteiger partial charge in [0, 0.05) is 19.2 Å². The van der Waals surface area contributed by atoms with Gasteiger partial charge in [-0.05, 0) is 19.1 Å². The van der Waals surface area contributed by atoms with Gasteiger partial charge in [-0.25, -0.2) is 9.50 Å². The number of hydrogen-bond acceptors (Lipinski definition) is 4. The fourth-order valence-corrected chi connectivity index (χ4v) is 2.29. The van der Waals surface area contributed by atoms with Crippen LogP contribution in [-0.2, 0) is 4.79 Å². The smallest absolute Gasteiger partial charge is 0.259 e. The fraction of sp³-hybridized carbons (Fsp3) is 0.125. The molecule has 1 aromatic carbocycles. The highest BCUT2D eigenvalue weighted by molar-refractivity contribution is 6.07. The monoisotopic (exact) mass is 309 g/mol. The Kier molecular flexibility index (Phi) is 3.76. The molecule has 3 rings (SSSR count). The first-order valence-corrected chi connectivity index (χ1v) is 7.03. The van der Waals surface area contributed by atoms with Gasteiger partial charge in [0.15, 0.2) is 5.65 Å². The van der Waals surface area contributed by atoms with Gasteiger partial charge in [-0.2, -0.15) is 5.10 Å². The molecule has 7 nitrogen and oxygen atoms in total. The molecular formula is C16H15N5O2. The third kappa shape index (κ3) is 2.89. The van der Waals surface area contributed by atoms with Crippen molar-refractivity contribution in [2.75, 3.05) is 10.6 Å². The minimum atomic E-state index is -0.315. The summed E-state index contributed by atoms with van der Waals surface area (Å²) in [6, 6.07) is 8.77. The van der Waals surface area contributed by atoms with Crippen LogP contribution in [-0.4, -0.2) is 26.4 Å². The molecule has 7 heteroatoms. The molecule has 0 aliphatic heterocycles. The number of nitrogens with one attached hydrogen (secondary N) is 2. The molecule has 0 atom stereocenters. The van der Waals surface area contributed by atoms with Gasteiger partial charge in [0.2, 0.25) is 5.91 Å². The number of carbonyl (C=O) groups excluding carboxylic acids is 2. The van der Waals surface area contributed by atoms with E-state index in [1.54, 1.807) is 48.0 Å². The predicted molar refractivity (Wildman–Crippen MR) is 86.4 cm³/mol. The van der Waals surface area contributed by atoms with Crippen molar-refractivity contribution in [2.24, 2.45) is 0 Å². The maximum Gasteiger partial charge on any atom is 0.259 e. The van der Waals surface area contributed by atoms with E-state index in [0.29, 0.717) is 28.3 Å². The number of para-hydroxylation sites is 2. The maximum atomic E-state index is 12.5. The number of aryl methyl sites for hydroxylation is 1. The Morgan fingerprint density at radius 1 is 1.09 bits per heavy atom. The van der Waals surface area contributed by atoms with Crippen molar-refractivity contribution in [1.29, 1.82) is 0 Å². The van der Waals surface area contributed by atoms with Crippen LogP contribution in [0.15, 0.2) is 42.7 Å². The van der Waals surface area contributed by atoms with Crippen LogP contribution in [0.2, 0.25) is 0 Å². The summed E-state index contributed by atoms with van der Waals surface area (Å²) < 4.78 is 1.61. The fourth-order valence-electron chi connectivity index (χ4n) is 2.29. The molecule has 116 valence electrons. The lowest BCUT2D eigenvalue weighted by atomic mass is 10.2. The number of nitrogens with zero attached hydrogens (tertiary/aromatic N) is 3.